The van der Waals surface area contributed by atoms with Crippen LogP contribution in [0.1, 0.15) is 40.5 Å². The first-order chi connectivity index (χ1) is 6.87. The van der Waals surface area contributed by atoms with Crippen molar-refractivity contribution in [2.75, 3.05) is 0 Å². The van der Waals surface area contributed by atoms with Gasteiger partial charge in [-0.1, -0.05) is 36.0 Å². The van der Waals surface area contributed by atoms with E-state index >= 15 is 0 Å². The number of allylic oxidation sites excluding steroid dienone is 5. The molecule has 0 aromatic rings. The summed E-state index contributed by atoms with van der Waals surface area (Å²) in [5, 5.41) is 8.81. The highest BCUT2D eigenvalue weighted by atomic mass is 14.3. The standard InChI is InChI=1S/C14H21N/c1-12(2)10-13(3)8-6-7-9-14(4,5)11-15/h6-8H,1,9-10H2,2-5H3/b7-6-,13-8+. The van der Waals surface area contributed by atoms with Crippen LogP contribution in [0.2, 0.25) is 0 Å². The minimum atomic E-state index is -0.257. The van der Waals surface area contributed by atoms with Crippen molar-refractivity contribution in [3.63, 3.8) is 0 Å². The van der Waals surface area contributed by atoms with E-state index < -0.39 is 0 Å². The summed E-state index contributed by atoms with van der Waals surface area (Å²) in [6.07, 6.45) is 7.90. The molecule has 82 valence electrons. The number of hydrogen-bond donors (Lipinski definition) is 0. The van der Waals surface area contributed by atoms with E-state index in [1.807, 2.05) is 32.9 Å². The van der Waals surface area contributed by atoms with Crippen LogP contribution in [-0.4, -0.2) is 0 Å². The summed E-state index contributed by atoms with van der Waals surface area (Å²) in [6.45, 7) is 11.9. The lowest BCUT2D eigenvalue weighted by Gasteiger charge is -2.10. The first-order valence-electron chi connectivity index (χ1n) is 5.25. The normalized spacial score (nSPS) is 12.9. The molecule has 0 spiro atoms. The van der Waals surface area contributed by atoms with Crippen LogP contribution in [0.4, 0.5) is 0 Å². The summed E-state index contributed by atoms with van der Waals surface area (Å²) < 4.78 is 0. The topological polar surface area (TPSA) is 23.8 Å². The third kappa shape index (κ3) is 7.76. The Morgan fingerprint density at radius 3 is 2.47 bits per heavy atom. The molecule has 0 aliphatic rings. The molecule has 0 fully saturated rings. The summed E-state index contributed by atoms with van der Waals surface area (Å²) in [5.41, 5.74) is 2.22. The molecule has 0 aliphatic carbocycles. The van der Waals surface area contributed by atoms with Crippen LogP contribution in [0.5, 0.6) is 0 Å². The monoisotopic (exact) mass is 203 g/mol. The average Bonchev–Trinajstić information content (AvgIpc) is 2.11. The Morgan fingerprint density at radius 2 is 2.00 bits per heavy atom. The SMILES string of the molecule is C=C(C)C/C(C)=C/C=C\CC(C)(C)C#N. The summed E-state index contributed by atoms with van der Waals surface area (Å²) >= 11 is 0. The van der Waals surface area contributed by atoms with E-state index in [9.17, 15) is 0 Å². The van der Waals surface area contributed by atoms with E-state index in [4.69, 9.17) is 5.26 Å². The zero-order valence-corrected chi connectivity index (χ0v) is 10.3. The van der Waals surface area contributed by atoms with Gasteiger partial charge >= 0.3 is 0 Å². The summed E-state index contributed by atoms with van der Waals surface area (Å²) in [7, 11) is 0. The van der Waals surface area contributed by atoms with Gasteiger partial charge in [-0.2, -0.15) is 5.26 Å². The highest BCUT2D eigenvalue weighted by molar-refractivity contribution is 5.16. The van der Waals surface area contributed by atoms with Gasteiger partial charge in [-0.3, -0.25) is 0 Å². The molecule has 0 aromatic heterocycles. The second kappa shape index (κ2) is 6.24. The lowest BCUT2D eigenvalue weighted by molar-refractivity contribution is 0.505. The molecule has 15 heavy (non-hydrogen) atoms. The Bertz CT molecular complexity index is 311. The van der Waals surface area contributed by atoms with E-state index in [1.54, 1.807) is 0 Å². The average molecular weight is 203 g/mol. The molecule has 0 radical (unpaired) electrons. The second-order valence-electron chi connectivity index (χ2n) is 4.77. The van der Waals surface area contributed by atoms with E-state index in [1.165, 1.54) is 11.1 Å². The molecule has 0 amide bonds. The minimum absolute atomic E-state index is 0.257. The Labute approximate surface area is 93.8 Å². The highest BCUT2D eigenvalue weighted by Crippen LogP contribution is 2.19. The number of nitrogens with zero attached hydrogens (tertiary/aromatic N) is 1. The zero-order valence-electron chi connectivity index (χ0n) is 10.3. The van der Waals surface area contributed by atoms with Gasteiger partial charge in [0.1, 0.15) is 0 Å². The van der Waals surface area contributed by atoms with Gasteiger partial charge in [0.2, 0.25) is 0 Å². The van der Waals surface area contributed by atoms with Crippen molar-refractivity contribution in [3.05, 3.63) is 36.0 Å². The fourth-order valence-corrected chi connectivity index (χ4v) is 1.18. The maximum Gasteiger partial charge on any atom is 0.0687 e. The largest absolute Gasteiger partial charge is 0.198 e. The van der Waals surface area contributed by atoms with Gasteiger partial charge in [-0.05, 0) is 40.5 Å². The molecule has 0 heterocycles. The van der Waals surface area contributed by atoms with Crippen LogP contribution >= 0.6 is 0 Å². The Kier molecular flexibility index (Phi) is 5.70. The van der Waals surface area contributed by atoms with Gasteiger partial charge in [-0.25, -0.2) is 0 Å². The molecule has 1 heteroatoms. The maximum atomic E-state index is 8.81. The molecular formula is C14H21N. The van der Waals surface area contributed by atoms with Crippen molar-refractivity contribution in [3.8, 4) is 6.07 Å². The predicted molar refractivity (Wildman–Crippen MR) is 66.3 cm³/mol. The molecule has 1 nitrogen and oxygen atoms in total. The van der Waals surface area contributed by atoms with Gasteiger partial charge in [0.05, 0.1) is 11.5 Å². The first-order valence-corrected chi connectivity index (χ1v) is 5.25. The third-order valence-corrected chi connectivity index (χ3v) is 2.03. The molecule has 0 aliphatic heterocycles. The minimum Gasteiger partial charge on any atom is -0.198 e. The molecule has 0 rings (SSSR count). The molecule has 0 bridgehead atoms. The van der Waals surface area contributed by atoms with Crippen LogP contribution in [0.3, 0.4) is 0 Å². The number of nitriles is 1. The molecular weight excluding hydrogens is 182 g/mol. The highest BCUT2D eigenvalue weighted by Gasteiger charge is 2.13. The number of rotatable bonds is 5. The van der Waals surface area contributed by atoms with Crippen molar-refractivity contribution in [1.29, 1.82) is 5.26 Å². The zero-order chi connectivity index (χ0) is 11.9. The second-order valence-corrected chi connectivity index (χ2v) is 4.77. The van der Waals surface area contributed by atoms with Crippen LogP contribution in [0.15, 0.2) is 36.0 Å². The summed E-state index contributed by atoms with van der Waals surface area (Å²) in [6, 6.07) is 2.28. The first kappa shape index (κ1) is 13.7. The van der Waals surface area contributed by atoms with Crippen LogP contribution in [-0.2, 0) is 0 Å². The quantitative estimate of drug-likeness (QED) is 0.480. The molecule has 0 atom stereocenters. The summed E-state index contributed by atoms with van der Waals surface area (Å²) in [5.74, 6) is 0. The smallest absolute Gasteiger partial charge is 0.0687 e. The van der Waals surface area contributed by atoms with Crippen molar-refractivity contribution in [1.82, 2.24) is 0 Å². The summed E-state index contributed by atoms with van der Waals surface area (Å²) in [4.78, 5) is 0. The molecule has 0 aromatic carbocycles. The van der Waals surface area contributed by atoms with Gasteiger partial charge < -0.3 is 0 Å². The molecule has 0 saturated heterocycles. The lowest BCUT2D eigenvalue weighted by Crippen LogP contribution is -2.04. The number of hydrogen-bond acceptors (Lipinski definition) is 1. The lowest BCUT2D eigenvalue weighted by atomic mass is 9.91. The van der Waals surface area contributed by atoms with Gasteiger partial charge in [0.15, 0.2) is 0 Å². The molecule has 0 unspecified atom stereocenters. The fourth-order valence-electron chi connectivity index (χ4n) is 1.18. The van der Waals surface area contributed by atoms with Crippen LogP contribution in [0.25, 0.3) is 0 Å². The van der Waals surface area contributed by atoms with E-state index in [0.717, 1.165) is 12.8 Å². The van der Waals surface area contributed by atoms with Gasteiger partial charge in [0.25, 0.3) is 0 Å². The van der Waals surface area contributed by atoms with E-state index in [-0.39, 0.29) is 5.41 Å². The Hall–Kier alpha value is -1.29. The fraction of sp³-hybridized carbons (Fsp3) is 0.500. The van der Waals surface area contributed by atoms with Crippen molar-refractivity contribution in [2.24, 2.45) is 5.41 Å². The van der Waals surface area contributed by atoms with Gasteiger partial charge in [0, 0.05) is 0 Å². The van der Waals surface area contributed by atoms with E-state index in [2.05, 4.69) is 25.6 Å². The Morgan fingerprint density at radius 1 is 1.40 bits per heavy atom. The maximum absolute atomic E-state index is 8.81. The predicted octanol–water partition coefficient (Wildman–Crippen LogP) is 4.39. The van der Waals surface area contributed by atoms with Crippen molar-refractivity contribution < 1.29 is 0 Å². The molecule has 0 saturated carbocycles. The molecule has 0 N–H and O–H groups in total. The van der Waals surface area contributed by atoms with Crippen LogP contribution in [0, 0.1) is 16.7 Å². The van der Waals surface area contributed by atoms with E-state index in [0.29, 0.717) is 0 Å². The Balaban J connectivity index is 4.11. The van der Waals surface area contributed by atoms with Crippen LogP contribution < -0.4 is 0 Å². The van der Waals surface area contributed by atoms with Gasteiger partial charge in [-0.15, -0.1) is 0 Å². The third-order valence-electron chi connectivity index (χ3n) is 2.03. The van der Waals surface area contributed by atoms with Crippen molar-refractivity contribution >= 4 is 0 Å². The van der Waals surface area contributed by atoms with Crippen molar-refractivity contribution in [2.45, 2.75) is 40.5 Å².